The van der Waals surface area contributed by atoms with E-state index in [9.17, 15) is 0 Å². The zero-order valence-electron chi connectivity index (χ0n) is 12.5. The first-order valence-corrected chi connectivity index (χ1v) is 9.22. The van der Waals surface area contributed by atoms with Crippen molar-refractivity contribution in [2.24, 2.45) is 0 Å². The molecule has 0 bridgehead atoms. The fourth-order valence-corrected chi connectivity index (χ4v) is 4.96. The number of nitrogens with two attached hydrogens (primary N) is 1. The van der Waals surface area contributed by atoms with Crippen molar-refractivity contribution in [1.82, 2.24) is 0 Å². The highest BCUT2D eigenvalue weighted by Crippen LogP contribution is 2.40. The first-order chi connectivity index (χ1) is 10.8. The van der Waals surface area contributed by atoms with Gasteiger partial charge in [0.15, 0.2) is 0 Å². The summed E-state index contributed by atoms with van der Waals surface area (Å²) in [5.41, 5.74) is 2.91. The molecule has 2 heterocycles. The molecule has 3 N–H and O–H groups in total. The third kappa shape index (κ3) is 2.79. The number of halogens is 1. The zero-order chi connectivity index (χ0) is 14.9. The highest BCUT2D eigenvalue weighted by atomic mass is 35.5. The second-order valence-corrected chi connectivity index (χ2v) is 7.69. The van der Waals surface area contributed by atoms with Crippen molar-refractivity contribution in [2.45, 2.75) is 22.3 Å². The molecule has 2 aliphatic heterocycles. The van der Waals surface area contributed by atoms with Crippen molar-refractivity contribution in [3.63, 3.8) is 0 Å². The van der Waals surface area contributed by atoms with E-state index in [1.54, 1.807) is 4.90 Å². The molecule has 0 radical (unpaired) electrons. The van der Waals surface area contributed by atoms with Crippen LogP contribution in [-0.4, -0.2) is 26.2 Å². The maximum atomic E-state index is 6.32. The molecule has 4 rings (SSSR count). The molecule has 2 nitrogen and oxygen atoms in total. The molecule has 2 aliphatic rings. The van der Waals surface area contributed by atoms with Crippen LogP contribution in [-0.2, 0) is 6.42 Å². The van der Waals surface area contributed by atoms with E-state index >= 15 is 0 Å². The molecule has 1 fully saturated rings. The predicted molar refractivity (Wildman–Crippen MR) is 90.8 cm³/mol. The van der Waals surface area contributed by atoms with Crippen LogP contribution in [0.3, 0.4) is 0 Å². The number of hydrogen-bond acceptors (Lipinski definition) is 1. The number of benzene rings is 2. The Hall–Kier alpha value is -1.00. The Balaban J connectivity index is 1.80. The summed E-state index contributed by atoms with van der Waals surface area (Å²) >= 11 is 8.22. The van der Waals surface area contributed by atoms with E-state index in [0.717, 1.165) is 11.4 Å². The summed E-state index contributed by atoms with van der Waals surface area (Å²) in [7, 11) is 0. The van der Waals surface area contributed by atoms with Gasteiger partial charge in [0.05, 0.1) is 0 Å². The molecule has 4 heteroatoms. The number of quaternary nitrogens is 2. The summed E-state index contributed by atoms with van der Waals surface area (Å²) in [6.07, 6.45) is 1.12. The number of rotatable bonds is 1. The van der Waals surface area contributed by atoms with E-state index in [1.807, 2.05) is 17.8 Å². The minimum absolute atomic E-state index is 0.526. The van der Waals surface area contributed by atoms with Crippen molar-refractivity contribution in [3.05, 3.63) is 58.6 Å². The van der Waals surface area contributed by atoms with Crippen LogP contribution in [0.2, 0.25) is 5.02 Å². The molecule has 2 aromatic carbocycles. The van der Waals surface area contributed by atoms with Crippen LogP contribution in [0.1, 0.15) is 17.2 Å². The molecule has 2 aromatic rings. The minimum Gasteiger partial charge on any atom is -0.337 e. The Labute approximate surface area is 140 Å². The Morgan fingerprint density at radius 1 is 1.05 bits per heavy atom. The van der Waals surface area contributed by atoms with Gasteiger partial charge in [-0.2, -0.15) is 0 Å². The molecular formula is C18H21ClN2S+2. The lowest BCUT2D eigenvalue weighted by Gasteiger charge is -2.31. The predicted octanol–water partition coefficient (Wildman–Crippen LogP) is 1.55. The fraction of sp³-hybridized carbons (Fsp3) is 0.333. The van der Waals surface area contributed by atoms with E-state index in [2.05, 4.69) is 41.7 Å². The minimum atomic E-state index is 0.526. The van der Waals surface area contributed by atoms with Crippen LogP contribution in [0.4, 0.5) is 0 Å². The van der Waals surface area contributed by atoms with Gasteiger partial charge in [-0.1, -0.05) is 41.6 Å². The largest absolute Gasteiger partial charge is 0.337 e. The Morgan fingerprint density at radius 2 is 1.86 bits per heavy atom. The van der Waals surface area contributed by atoms with Gasteiger partial charge in [-0.25, -0.2) is 0 Å². The van der Waals surface area contributed by atoms with Gasteiger partial charge in [-0.15, -0.1) is 0 Å². The molecule has 0 amide bonds. The maximum Gasteiger partial charge on any atom is 0.127 e. The van der Waals surface area contributed by atoms with Crippen LogP contribution in [0, 0.1) is 0 Å². The molecule has 0 spiro atoms. The monoisotopic (exact) mass is 332 g/mol. The highest BCUT2D eigenvalue weighted by molar-refractivity contribution is 7.99. The van der Waals surface area contributed by atoms with Crippen molar-refractivity contribution >= 4 is 23.4 Å². The van der Waals surface area contributed by atoms with Crippen molar-refractivity contribution in [1.29, 1.82) is 0 Å². The molecule has 114 valence electrons. The quantitative estimate of drug-likeness (QED) is 0.812. The van der Waals surface area contributed by atoms with Gasteiger partial charge < -0.3 is 10.2 Å². The molecule has 0 aromatic heterocycles. The Kier molecular flexibility index (Phi) is 4.14. The van der Waals surface area contributed by atoms with Crippen molar-refractivity contribution < 1.29 is 10.2 Å². The first kappa shape index (κ1) is 14.6. The van der Waals surface area contributed by atoms with Crippen LogP contribution >= 0.6 is 23.4 Å². The van der Waals surface area contributed by atoms with E-state index in [1.165, 1.54) is 47.1 Å². The van der Waals surface area contributed by atoms with Crippen LogP contribution in [0.15, 0.2) is 52.3 Å². The van der Waals surface area contributed by atoms with Gasteiger partial charge in [0.2, 0.25) is 0 Å². The van der Waals surface area contributed by atoms with Crippen molar-refractivity contribution in [3.8, 4) is 0 Å². The Morgan fingerprint density at radius 3 is 2.73 bits per heavy atom. The van der Waals surface area contributed by atoms with Gasteiger partial charge in [-0.3, -0.25) is 0 Å². The van der Waals surface area contributed by atoms with Crippen molar-refractivity contribution in [2.75, 3.05) is 26.2 Å². The van der Waals surface area contributed by atoms with Gasteiger partial charge in [0, 0.05) is 26.8 Å². The van der Waals surface area contributed by atoms with Gasteiger partial charge >= 0.3 is 0 Å². The maximum absolute atomic E-state index is 6.32. The van der Waals surface area contributed by atoms with Crippen LogP contribution in [0.25, 0.3) is 0 Å². The lowest BCUT2D eigenvalue weighted by atomic mass is 9.97. The zero-order valence-corrected chi connectivity index (χ0v) is 14.1. The number of piperazine rings is 1. The SMILES string of the molecule is Clc1ccc2c(c1)[C@@H]([NH+]1CC[NH2+]CC1)Cc1ccccc1S2. The summed E-state index contributed by atoms with van der Waals surface area (Å²) in [6.45, 7) is 4.94. The number of fused-ring (bicyclic) bond motifs is 2. The topological polar surface area (TPSA) is 21.1 Å². The lowest BCUT2D eigenvalue weighted by molar-refractivity contribution is -0.972. The molecule has 1 saturated heterocycles. The second-order valence-electron chi connectivity index (χ2n) is 6.17. The third-order valence-corrected chi connectivity index (χ3v) is 6.24. The van der Waals surface area contributed by atoms with E-state index in [-0.39, 0.29) is 0 Å². The van der Waals surface area contributed by atoms with Crippen LogP contribution in [0.5, 0.6) is 0 Å². The Bertz CT molecular complexity index is 683. The smallest absolute Gasteiger partial charge is 0.127 e. The van der Waals surface area contributed by atoms with E-state index < -0.39 is 0 Å². The summed E-state index contributed by atoms with van der Waals surface area (Å²) < 4.78 is 0. The summed E-state index contributed by atoms with van der Waals surface area (Å²) in [5.74, 6) is 0. The molecular weight excluding hydrogens is 312 g/mol. The average Bonchev–Trinajstić information content (AvgIpc) is 2.72. The van der Waals surface area contributed by atoms with Crippen LogP contribution < -0.4 is 10.2 Å². The van der Waals surface area contributed by atoms with E-state index in [0.29, 0.717) is 6.04 Å². The summed E-state index contributed by atoms with van der Waals surface area (Å²) in [6, 6.07) is 15.8. The van der Waals surface area contributed by atoms with Gasteiger partial charge in [-0.05, 0) is 29.8 Å². The van der Waals surface area contributed by atoms with Gasteiger partial charge in [0.1, 0.15) is 32.2 Å². The molecule has 1 atom stereocenters. The third-order valence-electron chi connectivity index (χ3n) is 4.80. The fourth-order valence-electron chi connectivity index (χ4n) is 3.66. The van der Waals surface area contributed by atoms with Gasteiger partial charge in [0.25, 0.3) is 0 Å². The number of hydrogen-bond donors (Lipinski definition) is 2. The number of nitrogens with one attached hydrogen (secondary N) is 1. The first-order valence-electron chi connectivity index (χ1n) is 8.03. The summed E-state index contributed by atoms with van der Waals surface area (Å²) in [5, 5.41) is 3.29. The summed E-state index contributed by atoms with van der Waals surface area (Å²) in [4.78, 5) is 4.49. The standard InChI is InChI=1S/C18H19ClN2S/c19-14-5-6-18-15(12-14)16(21-9-7-20-8-10-21)11-13-3-1-2-4-17(13)22-18/h1-6,12,16,20H,7-11H2/p+2/t16-/m0/s1. The molecule has 22 heavy (non-hydrogen) atoms. The normalized spacial score (nSPS) is 21.8. The van der Waals surface area contributed by atoms with E-state index in [4.69, 9.17) is 11.6 Å². The molecule has 0 saturated carbocycles. The molecule has 0 aliphatic carbocycles. The highest BCUT2D eigenvalue weighted by Gasteiger charge is 2.32. The average molecular weight is 333 g/mol. The molecule has 0 unspecified atom stereocenters. The second kappa shape index (κ2) is 6.25. The lowest BCUT2D eigenvalue weighted by Crippen LogP contribution is -3.20.